The van der Waals surface area contributed by atoms with Gasteiger partial charge in [0.1, 0.15) is 11.6 Å². The number of methoxy groups -OCH3 is 2. The van der Waals surface area contributed by atoms with E-state index in [9.17, 15) is 42.7 Å². The molecule has 0 unspecified atom stereocenters. The predicted octanol–water partition coefficient (Wildman–Crippen LogP) is 6.47. The predicted molar refractivity (Wildman–Crippen MR) is 189 cm³/mol. The van der Waals surface area contributed by atoms with Gasteiger partial charge in [-0.25, -0.2) is 23.2 Å². The summed E-state index contributed by atoms with van der Waals surface area (Å²) < 4.78 is 38.1. The van der Waals surface area contributed by atoms with Gasteiger partial charge in [0.2, 0.25) is 0 Å². The number of halogens is 2. The van der Waals surface area contributed by atoms with Gasteiger partial charge in [0.25, 0.3) is 11.8 Å². The number of nitrogens with one attached hydrogen (secondary N) is 2. The minimum atomic E-state index is -1.27. The van der Waals surface area contributed by atoms with E-state index in [0.717, 1.165) is 31.7 Å². The van der Waals surface area contributed by atoms with E-state index in [1.165, 1.54) is 63.6 Å². The van der Waals surface area contributed by atoms with E-state index in [2.05, 4.69) is 20.1 Å². The lowest BCUT2D eigenvalue weighted by molar-refractivity contribution is 0.0591. The number of carbonyl (C=O) groups excluding carboxylic acids is 5. The Bertz CT molecular complexity index is 2160. The number of carboxylic acids is 1. The molecule has 13 heteroatoms. The second kappa shape index (κ2) is 16.0. The molecule has 0 aliphatic heterocycles. The normalized spacial score (nSPS) is 13.2. The number of esters is 2. The Hall–Kier alpha value is -6.24. The molecule has 3 N–H and O–H groups in total. The molecular weight excluding hydrogens is 690 g/mol. The van der Waals surface area contributed by atoms with Gasteiger partial charge in [-0.05, 0) is 121 Å². The van der Waals surface area contributed by atoms with Crippen molar-refractivity contribution in [2.45, 2.75) is 51.6 Å². The number of amides is 2. The quantitative estimate of drug-likeness (QED) is 0.123. The molecule has 11 nitrogen and oxygen atoms in total. The second-order valence-corrected chi connectivity index (χ2v) is 12.7. The Balaban J connectivity index is 0.000000204. The molecule has 0 heterocycles. The number of benzene rings is 4. The summed E-state index contributed by atoms with van der Waals surface area (Å²) >= 11 is 0. The minimum Gasteiger partial charge on any atom is -0.478 e. The molecule has 0 saturated heterocycles. The van der Waals surface area contributed by atoms with Gasteiger partial charge in [-0.15, -0.1) is 0 Å². The van der Waals surface area contributed by atoms with Crippen LogP contribution < -0.4 is 10.6 Å². The van der Waals surface area contributed by atoms with Crippen LogP contribution in [0, 0.1) is 25.5 Å². The summed E-state index contributed by atoms with van der Waals surface area (Å²) in [6.07, 6.45) is 4.24. The molecule has 0 atom stereocenters. The van der Waals surface area contributed by atoms with E-state index in [1.807, 2.05) is 0 Å². The van der Waals surface area contributed by atoms with Gasteiger partial charge in [0.05, 0.1) is 30.9 Å². The lowest BCUT2D eigenvalue weighted by Crippen LogP contribution is -2.25. The third-order valence-corrected chi connectivity index (χ3v) is 8.89. The first-order chi connectivity index (χ1) is 25.3. The molecule has 0 spiro atoms. The molecule has 2 fully saturated rings. The van der Waals surface area contributed by atoms with Crippen molar-refractivity contribution < 1.29 is 52.1 Å². The fourth-order valence-electron chi connectivity index (χ4n) is 5.52. The Kier molecular flexibility index (Phi) is 11.5. The standard InChI is InChI=1S/C20H18FNO5.C20H18FNO4/c1-10-15(8-12(9-17(10)21)18(23)22-13-4-5-13)14-6-3-11(20(26)27-2)7-16(14)19(24)25;1-11-17(8-13(9-18(11)21)19(24)22-15-4-5-15)16-6-3-12(20(25)26-2)7-14(16)10-23/h3,6-9,13H,4-5H2,1-2H3,(H,22,23)(H,24,25);3,6-10,15H,4-5H2,1-2H3,(H,22,24). The number of hydrogen-bond donors (Lipinski definition) is 3. The van der Waals surface area contributed by atoms with Crippen molar-refractivity contribution in [2.75, 3.05) is 14.2 Å². The number of carbonyl (C=O) groups is 6. The molecule has 2 aliphatic carbocycles. The van der Waals surface area contributed by atoms with Crippen LogP contribution in [0.25, 0.3) is 22.3 Å². The van der Waals surface area contributed by atoms with Crippen LogP contribution in [0.5, 0.6) is 0 Å². The highest BCUT2D eigenvalue weighted by atomic mass is 19.1. The highest BCUT2D eigenvalue weighted by molar-refractivity contribution is 6.02. The first-order valence-corrected chi connectivity index (χ1v) is 16.6. The number of hydrogen-bond acceptors (Lipinski definition) is 8. The Labute approximate surface area is 303 Å². The zero-order chi connectivity index (χ0) is 38.6. The fourth-order valence-corrected chi connectivity index (χ4v) is 5.52. The second-order valence-electron chi connectivity index (χ2n) is 12.7. The molecule has 4 aromatic carbocycles. The molecular formula is C40H36F2N2O9. The monoisotopic (exact) mass is 726 g/mol. The summed E-state index contributed by atoms with van der Waals surface area (Å²) in [4.78, 5) is 71.1. The van der Waals surface area contributed by atoms with Gasteiger partial charge >= 0.3 is 17.9 Å². The van der Waals surface area contributed by atoms with Gasteiger partial charge < -0.3 is 25.2 Å². The van der Waals surface area contributed by atoms with Crippen LogP contribution in [0.1, 0.15) is 99.0 Å². The number of ether oxygens (including phenoxy) is 2. The molecule has 6 rings (SSSR count). The van der Waals surface area contributed by atoms with E-state index < -0.39 is 35.4 Å². The lowest BCUT2D eigenvalue weighted by Gasteiger charge is -2.14. The summed E-state index contributed by atoms with van der Waals surface area (Å²) in [5.41, 5.74) is 2.56. The first-order valence-electron chi connectivity index (χ1n) is 16.6. The third kappa shape index (κ3) is 8.80. The van der Waals surface area contributed by atoms with E-state index in [-0.39, 0.29) is 68.1 Å². The summed E-state index contributed by atoms with van der Waals surface area (Å²) in [6, 6.07) is 14.1. The smallest absolute Gasteiger partial charge is 0.337 e. The van der Waals surface area contributed by atoms with Crippen molar-refractivity contribution in [1.29, 1.82) is 0 Å². The molecule has 274 valence electrons. The largest absolute Gasteiger partial charge is 0.478 e. The summed E-state index contributed by atoms with van der Waals surface area (Å²) in [5, 5.41) is 15.1. The molecule has 0 bridgehead atoms. The van der Waals surface area contributed by atoms with Crippen LogP contribution in [-0.2, 0) is 9.47 Å². The highest BCUT2D eigenvalue weighted by Gasteiger charge is 2.27. The molecule has 2 amide bonds. The van der Waals surface area contributed by atoms with Crippen molar-refractivity contribution >= 4 is 36.0 Å². The van der Waals surface area contributed by atoms with Crippen molar-refractivity contribution in [3.63, 3.8) is 0 Å². The Morgan fingerprint density at radius 2 is 1.08 bits per heavy atom. The molecule has 0 aromatic heterocycles. The van der Waals surface area contributed by atoms with Gasteiger partial charge in [-0.1, -0.05) is 12.1 Å². The van der Waals surface area contributed by atoms with Crippen LogP contribution >= 0.6 is 0 Å². The topological polar surface area (TPSA) is 165 Å². The van der Waals surface area contributed by atoms with Crippen molar-refractivity contribution in [3.8, 4) is 22.3 Å². The van der Waals surface area contributed by atoms with Crippen LogP contribution in [0.3, 0.4) is 0 Å². The first kappa shape index (κ1) is 38.0. The number of carboxylic acid groups (broad SMARTS) is 1. The molecule has 53 heavy (non-hydrogen) atoms. The van der Waals surface area contributed by atoms with Crippen LogP contribution in [-0.4, -0.2) is 67.4 Å². The number of aldehydes is 1. The lowest BCUT2D eigenvalue weighted by atomic mass is 9.92. The van der Waals surface area contributed by atoms with E-state index >= 15 is 0 Å². The van der Waals surface area contributed by atoms with Crippen LogP contribution in [0.2, 0.25) is 0 Å². The molecule has 2 aliphatic rings. The molecule has 2 saturated carbocycles. The zero-order valence-corrected chi connectivity index (χ0v) is 29.3. The third-order valence-electron chi connectivity index (χ3n) is 8.89. The highest BCUT2D eigenvalue weighted by Crippen LogP contribution is 2.33. The summed E-state index contributed by atoms with van der Waals surface area (Å²) in [6.45, 7) is 3.09. The minimum absolute atomic E-state index is 0.0689. The van der Waals surface area contributed by atoms with Gasteiger partial charge in [-0.2, -0.15) is 0 Å². The Morgan fingerprint density at radius 3 is 1.49 bits per heavy atom. The van der Waals surface area contributed by atoms with Crippen LogP contribution in [0.4, 0.5) is 8.78 Å². The maximum atomic E-state index is 14.4. The SMILES string of the molecule is COC(=O)c1ccc(-c2cc(C(=O)NC3CC3)cc(F)c2C)c(C(=O)O)c1.COC(=O)c1ccc(-c2cc(C(=O)NC3CC3)cc(F)c2C)c(C=O)c1. The van der Waals surface area contributed by atoms with E-state index in [0.29, 0.717) is 23.0 Å². The zero-order valence-electron chi connectivity index (χ0n) is 29.3. The summed E-state index contributed by atoms with van der Waals surface area (Å²) in [7, 11) is 2.44. The van der Waals surface area contributed by atoms with E-state index in [1.54, 1.807) is 19.1 Å². The summed E-state index contributed by atoms with van der Waals surface area (Å²) in [5.74, 6) is -4.40. The van der Waals surface area contributed by atoms with Crippen molar-refractivity contribution in [3.05, 3.63) is 117 Å². The number of rotatable bonds is 10. The van der Waals surface area contributed by atoms with Gasteiger partial charge in [0.15, 0.2) is 6.29 Å². The Morgan fingerprint density at radius 1 is 0.642 bits per heavy atom. The fraction of sp³-hybridized carbons (Fsp3) is 0.250. The maximum absolute atomic E-state index is 14.4. The molecule has 4 aromatic rings. The van der Waals surface area contributed by atoms with Gasteiger partial charge in [-0.3, -0.25) is 14.4 Å². The van der Waals surface area contributed by atoms with Crippen molar-refractivity contribution in [2.24, 2.45) is 0 Å². The van der Waals surface area contributed by atoms with E-state index in [4.69, 9.17) is 0 Å². The van der Waals surface area contributed by atoms with Crippen molar-refractivity contribution in [1.82, 2.24) is 10.6 Å². The number of aromatic carboxylic acids is 1. The maximum Gasteiger partial charge on any atom is 0.337 e. The average Bonchev–Trinajstić information content (AvgIpc) is 4.11. The van der Waals surface area contributed by atoms with Crippen LogP contribution in [0.15, 0.2) is 60.7 Å². The van der Waals surface area contributed by atoms with Gasteiger partial charge in [0, 0.05) is 28.8 Å². The molecule has 0 radical (unpaired) electrons. The average molecular weight is 727 g/mol.